The number of imidazole rings is 1. The molecular formula is C20H22N6O. The average molecular weight is 362 g/mol. The number of carbonyl (C=O) groups excluding carboxylic acids is 1. The number of likely N-dealkylation sites (tertiary alicyclic amines) is 1. The van der Waals surface area contributed by atoms with Crippen LogP contribution in [-0.4, -0.2) is 56.4 Å². The molecule has 2 aliphatic heterocycles. The van der Waals surface area contributed by atoms with Gasteiger partial charge in [-0.2, -0.15) is 0 Å². The van der Waals surface area contributed by atoms with Crippen LogP contribution in [0.2, 0.25) is 0 Å². The Morgan fingerprint density at radius 2 is 2.00 bits per heavy atom. The topological polar surface area (TPSA) is 78.0 Å². The summed E-state index contributed by atoms with van der Waals surface area (Å²) in [5, 5.41) is 0. The molecule has 2 aliphatic rings. The first-order chi connectivity index (χ1) is 13.2. The smallest absolute Gasteiger partial charge is 0.219 e. The molecule has 0 radical (unpaired) electrons. The van der Waals surface area contributed by atoms with Crippen LogP contribution in [0, 0.1) is 5.92 Å². The van der Waals surface area contributed by atoms with Gasteiger partial charge < -0.3 is 14.8 Å². The predicted molar refractivity (Wildman–Crippen MR) is 102 cm³/mol. The highest BCUT2D eigenvalue weighted by Crippen LogP contribution is 2.42. The van der Waals surface area contributed by atoms with E-state index in [1.165, 1.54) is 5.56 Å². The van der Waals surface area contributed by atoms with E-state index in [4.69, 9.17) is 0 Å². The Bertz CT molecular complexity index is 971. The Hall–Kier alpha value is -2.96. The summed E-state index contributed by atoms with van der Waals surface area (Å²) in [7, 11) is 0. The van der Waals surface area contributed by atoms with Crippen LogP contribution in [-0.2, 0) is 4.79 Å². The number of aromatic nitrogens is 4. The van der Waals surface area contributed by atoms with Crippen LogP contribution < -0.4 is 4.90 Å². The van der Waals surface area contributed by atoms with Crippen LogP contribution >= 0.6 is 0 Å². The first-order valence-electron chi connectivity index (χ1n) is 9.43. The van der Waals surface area contributed by atoms with Gasteiger partial charge in [0.2, 0.25) is 5.91 Å². The van der Waals surface area contributed by atoms with Gasteiger partial charge in [0, 0.05) is 44.4 Å². The quantitative estimate of drug-likeness (QED) is 0.756. The molecule has 2 fully saturated rings. The number of fused-ring (bicyclic) bond motifs is 2. The number of nitrogens with zero attached hydrogens (tertiary/aromatic N) is 5. The molecule has 27 heavy (non-hydrogen) atoms. The third-order valence-electron chi connectivity index (χ3n) is 6.07. The van der Waals surface area contributed by atoms with E-state index in [-0.39, 0.29) is 5.91 Å². The van der Waals surface area contributed by atoms with E-state index >= 15 is 0 Å². The van der Waals surface area contributed by atoms with Crippen molar-refractivity contribution in [3.63, 3.8) is 0 Å². The zero-order chi connectivity index (χ0) is 18.4. The highest BCUT2D eigenvalue weighted by atomic mass is 16.2. The number of aromatic amines is 1. The minimum absolute atomic E-state index is 0.176. The molecule has 7 heteroatoms. The van der Waals surface area contributed by atoms with Crippen LogP contribution in [0.1, 0.15) is 24.8 Å². The lowest BCUT2D eigenvalue weighted by molar-refractivity contribution is -0.130. The number of nitrogens with one attached hydrogen (secondary N) is 1. The number of rotatable bonds is 2. The van der Waals surface area contributed by atoms with Crippen LogP contribution in [0.15, 0.2) is 43.0 Å². The summed E-state index contributed by atoms with van der Waals surface area (Å²) in [6.45, 7) is 4.23. The molecule has 0 bridgehead atoms. The predicted octanol–water partition coefficient (Wildman–Crippen LogP) is 2.19. The number of piperidine rings is 1. The van der Waals surface area contributed by atoms with Crippen molar-refractivity contribution in [1.29, 1.82) is 0 Å². The summed E-state index contributed by atoms with van der Waals surface area (Å²) in [6.07, 6.45) is 4.19. The van der Waals surface area contributed by atoms with Crippen molar-refractivity contribution in [3.8, 4) is 0 Å². The number of hydrogen-bond acceptors (Lipinski definition) is 5. The zero-order valence-corrected chi connectivity index (χ0v) is 15.2. The Morgan fingerprint density at radius 3 is 2.81 bits per heavy atom. The van der Waals surface area contributed by atoms with Gasteiger partial charge in [-0.25, -0.2) is 15.0 Å². The van der Waals surface area contributed by atoms with E-state index in [1.807, 2.05) is 6.07 Å². The van der Waals surface area contributed by atoms with E-state index in [1.54, 1.807) is 19.6 Å². The number of carbonyl (C=O) groups is 1. The standard InChI is InChI=1S/C20H22N6O/c1-13(27)26-10-15(14-5-3-2-4-6-14)16-9-25(8-7-17(16)26)20-18-19(22-11-21-18)23-12-24-20/h2-6,11-12,15-17H,7-10H2,1H3,(H,21,22,23,24)/t15-,16?,17?/m1/s1. The van der Waals surface area contributed by atoms with E-state index in [0.717, 1.165) is 37.4 Å². The third kappa shape index (κ3) is 2.65. The molecule has 7 nitrogen and oxygen atoms in total. The molecule has 2 saturated heterocycles. The van der Waals surface area contributed by atoms with Crippen molar-refractivity contribution in [2.45, 2.75) is 25.3 Å². The molecule has 1 aromatic carbocycles. The molecule has 1 amide bonds. The number of hydrogen-bond donors (Lipinski definition) is 1. The summed E-state index contributed by atoms with van der Waals surface area (Å²) >= 11 is 0. The second kappa shape index (κ2) is 6.33. The summed E-state index contributed by atoms with van der Waals surface area (Å²) < 4.78 is 0. The van der Waals surface area contributed by atoms with Crippen molar-refractivity contribution in [2.24, 2.45) is 5.92 Å². The molecule has 2 unspecified atom stereocenters. The lowest BCUT2D eigenvalue weighted by Gasteiger charge is -2.39. The molecule has 0 spiro atoms. The molecule has 5 rings (SSSR count). The zero-order valence-electron chi connectivity index (χ0n) is 15.2. The van der Waals surface area contributed by atoms with Crippen molar-refractivity contribution in [3.05, 3.63) is 48.5 Å². The maximum absolute atomic E-state index is 12.2. The second-order valence-corrected chi connectivity index (χ2v) is 7.45. The molecule has 2 aromatic heterocycles. The van der Waals surface area contributed by atoms with E-state index in [0.29, 0.717) is 23.5 Å². The van der Waals surface area contributed by atoms with Gasteiger partial charge in [0.1, 0.15) is 11.8 Å². The summed E-state index contributed by atoms with van der Waals surface area (Å²) in [4.78, 5) is 32.8. The lowest BCUT2D eigenvalue weighted by Crippen LogP contribution is -2.48. The van der Waals surface area contributed by atoms with E-state index in [2.05, 4.69) is 54.0 Å². The van der Waals surface area contributed by atoms with Crippen molar-refractivity contribution in [2.75, 3.05) is 24.5 Å². The van der Waals surface area contributed by atoms with Gasteiger partial charge in [-0.3, -0.25) is 4.79 Å². The van der Waals surface area contributed by atoms with Gasteiger partial charge in [0.25, 0.3) is 0 Å². The lowest BCUT2D eigenvalue weighted by atomic mass is 9.82. The summed E-state index contributed by atoms with van der Waals surface area (Å²) in [6, 6.07) is 10.9. The van der Waals surface area contributed by atoms with Gasteiger partial charge in [0.05, 0.1) is 6.33 Å². The number of anilines is 1. The van der Waals surface area contributed by atoms with Gasteiger partial charge in [-0.15, -0.1) is 0 Å². The first kappa shape index (κ1) is 16.2. The van der Waals surface area contributed by atoms with Crippen LogP contribution in [0.4, 0.5) is 5.82 Å². The minimum Gasteiger partial charge on any atom is -0.354 e. The average Bonchev–Trinajstić information content (AvgIpc) is 3.32. The molecule has 0 saturated carbocycles. The number of benzene rings is 1. The van der Waals surface area contributed by atoms with E-state index in [9.17, 15) is 4.79 Å². The van der Waals surface area contributed by atoms with Crippen LogP contribution in [0.3, 0.4) is 0 Å². The fourth-order valence-corrected chi connectivity index (χ4v) is 4.83. The molecule has 1 N–H and O–H groups in total. The van der Waals surface area contributed by atoms with Crippen LogP contribution in [0.5, 0.6) is 0 Å². The fraction of sp³-hybridized carbons (Fsp3) is 0.400. The Kier molecular flexibility index (Phi) is 3.81. The second-order valence-electron chi connectivity index (χ2n) is 7.45. The highest BCUT2D eigenvalue weighted by molar-refractivity contribution is 5.82. The van der Waals surface area contributed by atoms with Crippen molar-refractivity contribution in [1.82, 2.24) is 24.8 Å². The number of amides is 1. The maximum Gasteiger partial charge on any atom is 0.219 e. The molecular weight excluding hydrogens is 340 g/mol. The van der Waals surface area contributed by atoms with E-state index < -0.39 is 0 Å². The van der Waals surface area contributed by atoms with Crippen molar-refractivity contribution < 1.29 is 4.79 Å². The Labute approximate surface area is 157 Å². The van der Waals surface area contributed by atoms with Gasteiger partial charge in [0.15, 0.2) is 11.5 Å². The SMILES string of the molecule is CC(=O)N1C[C@H](c2ccccc2)C2CN(c3ncnc4nc[nH]c34)CCC21. The number of H-pyrrole nitrogens is 1. The van der Waals surface area contributed by atoms with Gasteiger partial charge >= 0.3 is 0 Å². The summed E-state index contributed by atoms with van der Waals surface area (Å²) in [5.41, 5.74) is 2.89. The molecule has 3 atom stereocenters. The summed E-state index contributed by atoms with van der Waals surface area (Å²) in [5.74, 6) is 1.82. The Morgan fingerprint density at radius 1 is 1.15 bits per heavy atom. The highest BCUT2D eigenvalue weighted by Gasteiger charge is 2.46. The van der Waals surface area contributed by atoms with Crippen molar-refractivity contribution >= 4 is 22.9 Å². The molecule has 0 aliphatic carbocycles. The maximum atomic E-state index is 12.2. The fourth-order valence-electron chi connectivity index (χ4n) is 4.83. The largest absolute Gasteiger partial charge is 0.354 e. The molecule has 4 heterocycles. The molecule has 3 aromatic rings. The third-order valence-corrected chi connectivity index (χ3v) is 6.07. The Balaban J connectivity index is 1.49. The van der Waals surface area contributed by atoms with Crippen LogP contribution in [0.25, 0.3) is 11.2 Å². The first-order valence-corrected chi connectivity index (χ1v) is 9.43. The molecule has 138 valence electrons. The van der Waals surface area contributed by atoms with Gasteiger partial charge in [-0.05, 0) is 12.0 Å². The monoisotopic (exact) mass is 362 g/mol. The minimum atomic E-state index is 0.176. The normalized spacial score (nSPS) is 25.0. The van der Waals surface area contributed by atoms with Gasteiger partial charge in [-0.1, -0.05) is 30.3 Å².